The van der Waals surface area contributed by atoms with Gasteiger partial charge in [-0.3, -0.25) is 0 Å². The molecule has 2 rings (SSSR count). The van der Waals surface area contributed by atoms with E-state index in [1.165, 1.54) is 13.3 Å². The molecule has 0 aliphatic heterocycles. The lowest BCUT2D eigenvalue weighted by molar-refractivity contribution is 0.365. The molecule has 2 unspecified atom stereocenters. The first-order valence-electron chi connectivity index (χ1n) is 7.50. The Hall–Kier alpha value is -1.73. The van der Waals surface area contributed by atoms with Crippen LogP contribution in [0.1, 0.15) is 44.2 Å². The molecule has 0 bridgehead atoms. The normalized spacial score (nSPS) is 14.2. The van der Waals surface area contributed by atoms with E-state index in [-0.39, 0.29) is 27.4 Å². The van der Waals surface area contributed by atoms with Crippen molar-refractivity contribution in [2.45, 2.75) is 37.9 Å². The lowest BCUT2D eigenvalue weighted by Crippen LogP contribution is -2.10. The van der Waals surface area contributed by atoms with E-state index in [0.29, 0.717) is 5.82 Å². The van der Waals surface area contributed by atoms with Crippen molar-refractivity contribution in [1.82, 2.24) is 9.97 Å². The van der Waals surface area contributed by atoms with E-state index < -0.39 is 16.0 Å². The van der Waals surface area contributed by atoms with E-state index in [1.54, 1.807) is 31.2 Å². The van der Waals surface area contributed by atoms with Gasteiger partial charge in [-0.2, -0.15) is 0 Å². The summed E-state index contributed by atoms with van der Waals surface area (Å²) in [5.41, 5.74) is 0.986. The Morgan fingerprint density at radius 3 is 2.38 bits per heavy atom. The van der Waals surface area contributed by atoms with Crippen LogP contribution in [0.3, 0.4) is 0 Å². The zero-order valence-electron chi connectivity index (χ0n) is 13.6. The van der Waals surface area contributed by atoms with Gasteiger partial charge in [-0.15, -0.1) is 0 Å². The van der Waals surface area contributed by atoms with Crippen molar-refractivity contribution in [3.05, 3.63) is 46.9 Å². The van der Waals surface area contributed by atoms with Crippen LogP contribution in [0, 0.1) is 0 Å². The SMILES string of the molecule is CCS(=O)(=O)c1ccc(C(C)Nc2ncnc(C(C)F)c2Cl)cc1. The molecule has 0 aliphatic carbocycles. The van der Waals surface area contributed by atoms with Crippen LogP contribution in [-0.2, 0) is 9.84 Å². The monoisotopic (exact) mass is 371 g/mol. The lowest BCUT2D eigenvalue weighted by atomic mass is 10.1. The molecule has 0 radical (unpaired) electrons. The molecule has 2 atom stereocenters. The van der Waals surface area contributed by atoms with Crippen LogP contribution in [0.25, 0.3) is 0 Å². The van der Waals surface area contributed by atoms with Gasteiger partial charge in [-0.1, -0.05) is 30.7 Å². The molecule has 5 nitrogen and oxygen atoms in total. The molecule has 0 aliphatic rings. The molecule has 1 aromatic heterocycles. The number of hydrogen-bond acceptors (Lipinski definition) is 5. The first-order chi connectivity index (χ1) is 11.3. The average molecular weight is 372 g/mol. The van der Waals surface area contributed by atoms with E-state index in [4.69, 9.17) is 11.6 Å². The fourth-order valence-electron chi connectivity index (χ4n) is 2.18. The van der Waals surface area contributed by atoms with Gasteiger partial charge in [0, 0.05) is 6.04 Å². The molecule has 24 heavy (non-hydrogen) atoms. The van der Waals surface area contributed by atoms with Gasteiger partial charge in [0.05, 0.1) is 16.3 Å². The summed E-state index contributed by atoms with van der Waals surface area (Å²) in [6.45, 7) is 4.84. The van der Waals surface area contributed by atoms with E-state index in [0.717, 1.165) is 5.56 Å². The van der Waals surface area contributed by atoms with E-state index in [2.05, 4.69) is 15.3 Å². The van der Waals surface area contributed by atoms with Gasteiger partial charge in [0.25, 0.3) is 0 Å². The summed E-state index contributed by atoms with van der Waals surface area (Å²) in [7, 11) is -3.23. The van der Waals surface area contributed by atoms with E-state index >= 15 is 0 Å². The number of alkyl halides is 1. The summed E-state index contributed by atoms with van der Waals surface area (Å²) in [5.74, 6) is 0.393. The van der Waals surface area contributed by atoms with Gasteiger partial charge in [0.1, 0.15) is 23.3 Å². The highest BCUT2D eigenvalue weighted by molar-refractivity contribution is 7.91. The molecule has 8 heteroatoms. The summed E-state index contributed by atoms with van der Waals surface area (Å²) >= 11 is 6.13. The van der Waals surface area contributed by atoms with Crippen LogP contribution in [0.4, 0.5) is 10.2 Å². The van der Waals surface area contributed by atoms with Crippen molar-refractivity contribution < 1.29 is 12.8 Å². The molecule has 2 aromatic rings. The van der Waals surface area contributed by atoms with Crippen molar-refractivity contribution >= 4 is 27.3 Å². The van der Waals surface area contributed by atoms with Crippen molar-refractivity contribution in [3.63, 3.8) is 0 Å². The number of halogens is 2. The zero-order valence-corrected chi connectivity index (χ0v) is 15.2. The predicted molar refractivity (Wildman–Crippen MR) is 92.8 cm³/mol. The average Bonchev–Trinajstić information content (AvgIpc) is 2.56. The third kappa shape index (κ3) is 4.02. The third-order valence-corrected chi connectivity index (χ3v) is 5.79. The maximum atomic E-state index is 13.5. The number of nitrogens with one attached hydrogen (secondary N) is 1. The molecule has 0 saturated carbocycles. The second-order valence-corrected chi connectivity index (χ2v) is 8.03. The first kappa shape index (κ1) is 18.6. The van der Waals surface area contributed by atoms with Gasteiger partial charge < -0.3 is 5.32 Å². The molecule has 1 N–H and O–H groups in total. The maximum Gasteiger partial charge on any atom is 0.178 e. The highest BCUT2D eigenvalue weighted by atomic mass is 35.5. The van der Waals surface area contributed by atoms with Gasteiger partial charge in [-0.25, -0.2) is 22.8 Å². The molecule has 0 fully saturated rings. The second-order valence-electron chi connectivity index (χ2n) is 5.38. The summed E-state index contributed by atoms with van der Waals surface area (Å²) in [6, 6.07) is 6.41. The van der Waals surface area contributed by atoms with Crippen molar-refractivity contribution in [2.24, 2.45) is 0 Å². The molecular weight excluding hydrogens is 353 g/mol. The predicted octanol–water partition coefficient (Wildman–Crippen LogP) is 4.13. The van der Waals surface area contributed by atoms with Crippen LogP contribution in [0.15, 0.2) is 35.5 Å². The van der Waals surface area contributed by atoms with E-state index in [1.807, 2.05) is 6.92 Å². The van der Waals surface area contributed by atoms with Crippen LogP contribution >= 0.6 is 11.6 Å². The fraction of sp³-hybridized carbons (Fsp3) is 0.375. The maximum absolute atomic E-state index is 13.5. The van der Waals surface area contributed by atoms with Gasteiger partial charge in [0.2, 0.25) is 0 Å². The lowest BCUT2D eigenvalue weighted by Gasteiger charge is -2.17. The van der Waals surface area contributed by atoms with Crippen LogP contribution in [0.5, 0.6) is 0 Å². The minimum Gasteiger partial charge on any atom is -0.362 e. The highest BCUT2D eigenvalue weighted by Gasteiger charge is 2.17. The smallest absolute Gasteiger partial charge is 0.178 e. The molecule has 0 saturated heterocycles. The summed E-state index contributed by atoms with van der Waals surface area (Å²) in [4.78, 5) is 8.17. The zero-order chi connectivity index (χ0) is 17.9. The van der Waals surface area contributed by atoms with Gasteiger partial charge in [-0.05, 0) is 31.5 Å². The van der Waals surface area contributed by atoms with Crippen molar-refractivity contribution in [1.29, 1.82) is 0 Å². The van der Waals surface area contributed by atoms with Crippen LogP contribution in [0.2, 0.25) is 5.02 Å². The number of hydrogen-bond donors (Lipinski definition) is 1. The Morgan fingerprint density at radius 1 is 1.21 bits per heavy atom. The number of anilines is 1. The summed E-state index contributed by atoms with van der Waals surface area (Å²) < 4.78 is 37.1. The molecule has 1 heterocycles. The molecular formula is C16H19ClFN3O2S. The van der Waals surface area contributed by atoms with Gasteiger partial charge in [0.15, 0.2) is 9.84 Å². The van der Waals surface area contributed by atoms with Crippen molar-refractivity contribution in [3.8, 4) is 0 Å². The molecule has 130 valence electrons. The number of rotatable bonds is 6. The first-order valence-corrected chi connectivity index (χ1v) is 9.53. The van der Waals surface area contributed by atoms with E-state index in [9.17, 15) is 12.8 Å². The van der Waals surface area contributed by atoms with Crippen LogP contribution in [-0.4, -0.2) is 24.1 Å². The van der Waals surface area contributed by atoms with Crippen molar-refractivity contribution in [2.75, 3.05) is 11.1 Å². The number of aromatic nitrogens is 2. The number of benzene rings is 1. The fourth-order valence-corrected chi connectivity index (χ4v) is 3.37. The molecule has 0 spiro atoms. The second kappa shape index (κ2) is 7.44. The third-order valence-electron chi connectivity index (χ3n) is 3.67. The topological polar surface area (TPSA) is 72.0 Å². The largest absolute Gasteiger partial charge is 0.362 e. The Morgan fingerprint density at radius 2 is 1.83 bits per heavy atom. The standard InChI is InChI=1S/C16H19ClFN3O2S/c1-4-24(22,23)13-7-5-12(6-8-13)11(3)21-16-14(17)15(10(2)18)19-9-20-16/h5-11H,4H2,1-3H3,(H,19,20,21). The van der Waals surface area contributed by atoms with Gasteiger partial charge >= 0.3 is 0 Å². The minimum absolute atomic E-state index is 0.0564. The Kier molecular flexibility index (Phi) is 5.77. The summed E-state index contributed by atoms with van der Waals surface area (Å²) in [5, 5.41) is 3.24. The highest BCUT2D eigenvalue weighted by Crippen LogP contribution is 2.30. The van der Waals surface area contributed by atoms with Crippen LogP contribution < -0.4 is 5.32 Å². The molecule has 1 aromatic carbocycles. The molecule has 0 amide bonds. The number of sulfone groups is 1. The number of nitrogens with zero attached hydrogens (tertiary/aromatic N) is 2. The Labute approximate surface area is 146 Å². The quantitative estimate of drug-likeness (QED) is 0.826. The Balaban J connectivity index is 2.22. The Bertz CT molecular complexity index is 811. The summed E-state index contributed by atoms with van der Waals surface area (Å²) in [6.07, 6.45) is -0.0432. The minimum atomic E-state index is -3.23.